The van der Waals surface area contributed by atoms with Crippen LogP contribution in [0.3, 0.4) is 0 Å². The first-order valence-electron chi connectivity index (χ1n) is 22.3. The second kappa shape index (κ2) is 19.7. The lowest BCUT2D eigenvalue weighted by atomic mass is 9.98. The first-order valence-corrected chi connectivity index (χ1v) is 24.2. The Kier molecular flexibility index (Phi) is 14.2. The number of guanidine groups is 1. The van der Waals surface area contributed by atoms with Crippen molar-refractivity contribution in [2.45, 2.75) is 115 Å². The topological polar surface area (TPSA) is 69.2 Å². The zero-order valence-corrected chi connectivity index (χ0v) is 36.6. The average Bonchev–Trinajstić information content (AvgIpc) is 3.73. The predicted octanol–water partition coefficient (Wildman–Crippen LogP) is 8.95. The number of rotatable bonds is 17. The number of benzene rings is 4. The van der Waals surface area contributed by atoms with Gasteiger partial charge in [0.1, 0.15) is 0 Å². The van der Waals surface area contributed by atoms with Crippen molar-refractivity contribution in [2.24, 2.45) is 4.99 Å². The summed E-state index contributed by atoms with van der Waals surface area (Å²) in [6.45, 7) is 14.7. The lowest BCUT2D eigenvalue weighted by Crippen LogP contribution is -2.67. The number of fused-ring (bicyclic) bond motifs is 1. The Morgan fingerprint density at radius 1 is 0.776 bits per heavy atom. The lowest BCUT2D eigenvalue weighted by molar-refractivity contribution is 0.0948. The number of hydrogen-bond acceptors (Lipinski definition) is 6. The number of unbranched alkanes of at least 4 members (excludes halogenated alkanes) is 5. The third-order valence-electron chi connectivity index (χ3n) is 12.8. The van der Waals surface area contributed by atoms with Crippen molar-refractivity contribution in [1.29, 1.82) is 0 Å². The molecule has 2 saturated heterocycles. The maximum Gasteiger partial charge on any atom is 0.261 e. The molecule has 3 atom stereocenters. The monoisotopic (exact) mass is 798 g/mol. The largest absolute Gasteiger partial charge is 0.405 e. The molecule has 0 saturated carbocycles. The molecule has 2 N–H and O–H groups in total. The summed E-state index contributed by atoms with van der Waals surface area (Å²) in [5, 5.41) is 9.38. The second-order valence-corrected chi connectivity index (χ2v) is 22.2. The maximum atomic E-state index is 13.3. The summed E-state index contributed by atoms with van der Waals surface area (Å²) in [6.07, 6.45) is 12.5. The van der Waals surface area contributed by atoms with Gasteiger partial charge in [-0.05, 0) is 89.4 Å². The van der Waals surface area contributed by atoms with E-state index in [0.717, 1.165) is 37.5 Å². The molecule has 0 aromatic heterocycles. The van der Waals surface area contributed by atoms with Crippen molar-refractivity contribution >= 4 is 30.6 Å². The molecule has 308 valence electrons. The third-order valence-corrected chi connectivity index (χ3v) is 17.8. The summed E-state index contributed by atoms with van der Waals surface area (Å²) >= 11 is 0. The van der Waals surface area contributed by atoms with Gasteiger partial charge in [0.05, 0.1) is 12.6 Å². The number of aliphatic imine (C=N–C) groups is 1. The van der Waals surface area contributed by atoms with Crippen LogP contribution >= 0.6 is 0 Å². The summed E-state index contributed by atoms with van der Waals surface area (Å²) in [4.78, 5) is 23.6. The molecule has 0 aliphatic carbocycles. The van der Waals surface area contributed by atoms with E-state index in [2.05, 4.69) is 145 Å². The summed E-state index contributed by atoms with van der Waals surface area (Å²) in [6, 6.07) is 39.6. The van der Waals surface area contributed by atoms with Crippen LogP contribution in [0.25, 0.3) is 11.1 Å². The second-order valence-electron chi connectivity index (χ2n) is 17.9. The first-order chi connectivity index (χ1) is 28.2. The number of carbonyl (C=O) groups is 1. The molecule has 0 bridgehead atoms. The fourth-order valence-electron chi connectivity index (χ4n) is 9.50. The molecular formula is C50H67N5O2Si. The van der Waals surface area contributed by atoms with Crippen molar-refractivity contribution in [2.75, 3.05) is 39.3 Å². The van der Waals surface area contributed by atoms with Gasteiger partial charge in [0, 0.05) is 37.3 Å². The van der Waals surface area contributed by atoms with Crippen LogP contribution < -0.4 is 21.0 Å². The molecule has 0 spiro atoms. The van der Waals surface area contributed by atoms with Crippen LogP contribution in [0.5, 0.6) is 0 Å². The average molecular weight is 798 g/mol. The minimum Gasteiger partial charge on any atom is -0.405 e. The van der Waals surface area contributed by atoms with Crippen molar-refractivity contribution < 1.29 is 9.22 Å². The molecule has 0 radical (unpaired) electrons. The van der Waals surface area contributed by atoms with Crippen LogP contribution in [0.15, 0.2) is 114 Å². The lowest BCUT2D eigenvalue weighted by Gasteiger charge is -2.44. The standard InChI is InChI=1S/C50H67N5O2Si/c1-5-6-7-8-9-16-33-54-34-17-22-47(54)41-27-23-39(24-28-41)40-25-29-42(30-26-40)48(56)51-37-43-31-35-55-36-32-44(53-49(55)52-43)38-57-58(50(2,3)4,45-18-12-10-13-19-45)46-20-14-11-15-21-46/h10-15,18-21,23-30,43-44,47H,5-9,16-17,22,31-38H2,1-4H3,(H,51,56)(H,52,53)/t43-,44-,47-/m1/s1. The summed E-state index contributed by atoms with van der Waals surface area (Å²) in [5.74, 6) is 0.890. The van der Waals surface area contributed by atoms with Gasteiger partial charge >= 0.3 is 0 Å². The molecule has 3 aliphatic heterocycles. The predicted molar refractivity (Wildman–Crippen MR) is 244 cm³/mol. The molecular weight excluding hydrogens is 731 g/mol. The van der Waals surface area contributed by atoms with E-state index >= 15 is 0 Å². The van der Waals surface area contributed by atoms with Gasteiger partial charge in [-0.1, -0.05) is 157 Å². The van der Waals surface area contributed by atoms with Gasteiger partial charge < -0.3 is 20.0 Å². The number of amides is 1. The van der Waals surface area contributed by atoms with Crippen LogP contribution in [0.2, 0.25) is 5.04 Å². The molecule has 3 aliphatic rings. The molecule has 8 heteroatoms. The molecule has 1 amide bonds. The normalized spacial score (nSPS) is 20.0. The Morgan fingerprint density at radius 3 is 2.05 bits per heavy atom. The van der Waals surface area contributed by atoms with Gasteiger partial charge in [0.2, 0.25) is 0 Å². The Morgan fingerprint density at radius 2 is 1.40 bits per heavy atom. The number of hydrogen-bond donors (Lipinski definition) is 2. The van der Waals surface area contributed by atoms with E-state index in [4.69, 9.17) is 9.42 Å². The smallest absolute Gasteiger partial charge is 0.261 e. The first kappa shape index (κ1) is 41.9. The summed E-state index contributed by atoms with van der Waals surface area (Å²) in [7, 11) is -2.64. The molecule has 4 aromatic carbocycles. The van der Waals surface area contributed by atoms with E-state index in [-0.39, 0.29) is 23.0 Å². The molecule has 7 nitrogen and oxygen atoms in total. The fraction of sp³-hybridized carbons (Fsp3) is 0.480. The Bertz CT molecular complexity index is 1870. The number of nitrogens with zero attached hydrogens (tertiary/aromatic N) is 3. The van der Waals surface area contributed by atoms with Gasteiger partial charge in [-0.15, -0.1) is 0 Å². The van der Waals surface area contributed by atoms with Gasteiger partial charge in [-0.3, -0.25) is 9.69 Å². The quantitative estimate of drug-likeness (QED) is 0.0826. The SMILES string of the molecule is CCCCCCCCN1CCC[C@@H]1c1ccc(-c2ccc(C(=O)NC[C@H]3CCN4CC[C@H](CO[Si](c5ccccc5)(c5ccccc5)C(C)(C)C)N=C4N3)cc2)cc1. The zero-order chi connectivity index (χ0) is 40.4. The van der Waals surface area contributed by atoms with Crippen LogP contribution in [-0.4, -0.2) is 81.4 Å². The molecule has 58 heavy (non-hydrogen) atoms. The van der Waals surface area contributed by atoms with Gasteiger partial charge in [0.15, 0.2) is 5.96 Å². The van der Waals surface area contributed by atoms with Crippen LogP contribution in [-0.2, 0) is 4.43 Å². The van der Waals surface area contributed by atoms with Crippen molar-refractivity contribution in [3.63, 3.8) is 0 Å². The van der Waals surface area contributed by atoms with E-state index in [1.54, 1.807) is 0 Å². The van der Waals surface area contributed by atoms with Gasteiger partial charge in [0.25, 0.3) is 14.2 Å². The Balaban J connectivity index is 0.916. The van der Waals surface area contributed by atoms with E-state index < -0.39 is 8.32 Å². The van der Waals surface area contributed by atoms with Gasteiger partial charge in [-0.2, -0.15) is 0 Å². The van der Waals surface area contributed by atoms with E-state index in [9.17, 15) is 4.79 Å². The highest BCUT2D eigenvalue weighted by molar-refractivity contribution is 6.99. The molecule has 3 heterocycles. The summed E-state index contributed by atoms with van der Waals surface area (Å²) in [5.41, 5.74) is 4.44. The maximum absolute atomic E-state index is 13.3. The molecule has 2 fully saturated rings. The van der Waals surface area contributed by atoms with Crippen molar-refractivity contribution in [1.82, 2.24) is 20.4 Å². The minimum absolute atomic E-state index is 0.0417. The van der Waals surface area contributed by atoms with E-state index in [1.165, 1.54) is 86.0 Å². The van der Waals surface area contributed by atoms with Crippen LogP contribution in [0.1, 0.15) is 114 Å². The highest BCUT2D eigenvalue weighted by Gasteiger charge is 2.50. The van der Waals surface area contributed by atoms with Crippen molar-refractivity contribution in [3.8, 4) is 11.1 Å². The number of carbonyl (C=O) groups excluding carboxylic acids is 1. The number of likely N-dealkylation sites (tertiary alicyclic amines) is 1. The Hall–Kier alpha value is -4.24. The molecule has 4 aromatic rings. The van der Waals surface area contributed by atoms with Crippen LogP contribution in [0, 0.1) is 0 Å². The van der Waals surface area contributed by atoms with Crippen molar-refractivity contribution in [3.05, 3.63) is 120 Å². The van der Waals surface area contributed by atoms with Gasteiger partial charge in [-0.25, -0.2) is 4.99 Å². The van der Waals surface area contributed by atoms with E-state index in [1.807, 2.05) is 12.1 Å². The summed E-state index contributed by atoms with van der Waals surface area (Å²) < 4.78 is 7.26. The van der Waals surface area contributed by atoms with Crippen LogP contribution in [0.4, 0.5) is 0 Å². The molecule has 7 rings (SSSR count). The highest BCUT2D eigenvalue weighted by Crippen LogP contribution is 2.37. The zero-order valence-electron chi connectivity index (χ0n) is 35.6. The fourth-order valence-corrected chi connectivity index (χ4v) is 14.1. The number of nitrogens with one attached hydrogen (secondary N) is 2. The van der Waals surface area contributed by atoms with E-state index in [0.29, 0.717) is 24.8 Å². The Labute approximate surface area is 349 Å². The molecule has 0 unspecified atom stereocenters. The minimum atomic E-state index is -2.64. The highest BCUT2D eigenvalue weighted by atomic mass is 28.4. The third kappa shape index (κ3) is 9.95.